The molecule has 3 aromatic rings. The number of piperazine rings is 1. The van der Waals surface area contributed by atoms with Crippen molar-refractivity contribution in [1.29, 1.82) is 0 Å². The first kappa shape index (κ1) is 17.5. The number of rotatable bonds is 2. The van der Waals surface area contributed by atoms with Gasteiger partial charge in [0.2, 0.25) is 5.43 Å². The van der Waals surface area contributed by atoms with Gasteiger partial charge >= 0.3 is 0 Å². The molecule has 0 aliphatic carbocycles. The molecule has 0 bridgehead atoms. The highest BCUT2D eigenvalue weighted by atomic mass is 16.5. The number of benzene rings is 2. The molecule has 146 valence electrons. The van der Waals surface area contributed by atoms with Crippen LogP contribution in [-0.2, 0) is 4.74 Å². The highest BCUT2D eigenvalue weighted by Crippen LogP contribution is 2.33. The van der Waals surface area contributed by atoms with Crippen LogP contribution in [0.3, 0.4) is 0 Å². The summed E-state index contributed by atoms with van der Waals surface area (Å²) in [5.41, 5.74) is 3.46. The van der Waals surface area contributed by atoms with E-state index in [4.69, 9.17) is 9.15 Å². The number of para-hydroxylation sites is 1. The van der Waals surface area contributed by atoms with Crippen LogP contribution in [0.4, 0.5) is 11.4 Å². The molecule has 2 saturated heterocycles. The SMILES string of the molecule is CN1CCN(c2cc(N3CCOCC3)cc3oc4ccccc4c(=O)c23)CC1. The molecule has 0 N–H and O–H groups in total. The van der Waals surface area contributed by atoms with Crippen LogP contribution in [0.25, 0.3) is 21.9 Å². The Bertz CT molecular complexity index is 1060. The van der Waals surface area contributed by atoms with Crippen LogP contribution in [-0.4, -0.2) is 64.4 Å². The van der Waals surface area contributed by atoms with Crippen LogP contribution in [0.15, 0.2) is 45.6 Å². The van der Waals surface area contributed by atoms with E-state index in [0.29, 0.717) is 21.9 Å². The Morgan fingerprint density at radius 2 is 1.61 bits per heavy atom. The second kappa shape index (κ2) is 7.11. The fourth-order valence-corrected chi connectivity index (χ4v) is 4.19. The number of ether oxygens (including phenoxy) is 1. The number of likely N-dealkylation sites (N-methyl/N-ethyl adjacent to an activating group) is 1. The van der Waals surface area contributed by atoms with Gasteiger partial charge in [-0.2, -0.15) is 0 Å². The topological polar surface area (TPSA) is 49.2 Å². The molecule has 6 nitrogen and oxygen atoms in total. The van der Waals surface area contributed by atoms with Gasteiger partial charge < -0.3 is 23.9 Å². The van der Waals surface area contributed by atoms with Gasteiger partial charge in [-0.25, -0.2) is 0 Å². The van der Waals surface area contributed by atoms with Gasteiger partial charge in [0.1, 0.15) is 11.2 Å². The minimum atomic E-state index is 0.0549. The molecule has 2 aliphatic rings. The fourth-order valence-electron chi connectivity index (χ4n) is 4.19. The first-order valence-corrected chi connectivity index (χ1v) is 9.96. The quantitative estimate of drug-likeness (QED) is 0.638. The zero-order chi connectivity index (χ0) is 19.1. The molecule has 0 atom stereocenters. The Kier molecular flexibility index (Phi) is 4.45. The first-order chi connectivity index (χ1) is 13.7. The van der Waals surface area contributed by atoms with E-state index in [-0.39, 0.29) is 5.43 Å². The van der Waals surface area contributed by atoms with E-state index in [1.54, 1.807) is 0 Å². The van der Waals surface area contributed by atoms with Crippen LogP contribution < -0.4 is 15.2 Å². The van der Waals surface area contributed by atoms with Gasteiger partial charge in [-0.05, 0) is 25.2 Å². The van der Waals surface area contributed by atoms with Crippen molar-refractivity contribution in [3.8, 4) is 0 Å². The second-order valence-electron chi connectivity index (χ2n) is 7.66. The molecule has 0 amide bonds. The largest absolute Gasteiger partial charge is 0.456 e. The van der Waals surface area contributed by atoms with Crippen molar-refractivity contribution < 1.29 is 9.15 Å². The lowest BCUT2D eigenvalue weighted by Gasteiger charge is -2.36. The van der Waals surface area contributed by atoms with Crippen molar-refractivity contribution in [1.82, 2.24) is 4.90 Å². The number of nitrogens with zero attached hydrogens (tertiary/aromatic N) is 3. The van der Waals surface area contributed by atoms with Crippen LogP contribution in [0, 0.1) is 0 Å². The predicted octanol–water partition coefficient (Wildman–Crippen LogP) is 2.53. The van der Waals surface area contributed by atoms with E-state index in [9.17, 15) is 4.79 Å². The molecule has 0 spiro atoms. The van der Waals surface area contributed by atoms with E-state index in [1.807, 2.05) is 30.3 Å². The third-order valence-corrected chi connectivity index (χ3v) is 5.86. The van der Waals surface area contributed by atoms with Crippen LogP contribution in [0.5, 0.6) is 0 Å². The molecule has 2 aliphatic heterocycles. The van der Waals surface area contributed by atoms with E-state index >= 15 is 0 Å². The zero-order valence-electron chi connectivity index (χ0n) is 16.2. The van der Waals surface area contributed by atoms with Gasteiger partial charge in [0.15, 0.2) is 0 Å². The number of morpholine rings is 1. The predicted molar refractivity (Wildman–Crippen MR) is 113 cm³/mol. The molecular formula is C22H25N3O3. The maximum Gasteiger partial charge on any atom is 0.202 e. The Balaban J connectivity index is 1.73. The zero-order valence-corrected chi connectivity index (χ0v) is 16.2. The summed E-state index contributed by atoms with van der Waals surface area (Å²) in [6, 6.07) is 11.7. The summed E-state index contributed by atoms with van der Waals surface area (Å²) in [6.07, 6.45) is 0. The molecule has 6 heteroatoms. The summed E-state index contributed by atoms with van der Waals surface area (Å²) in [5, 5.41) is 1.34. The Hall–Kier alpha value is -2.57. The standard InChI is InChI=1S/C22H25N3O3/c1-23-6-8-25(9-7-23)18-14-16(24-10-12-27-13-11-24)15-20-21(18)22(26)17-4-2-3-5-19(17)28-20/h2-5,14-15H,6-13H2,1H3. The maximum absolute atomic E-state index is 13.4. The van der Waals surface area contributed by atoms with Crippen LogP contribution >= 0.6 is 0 Å². The van der Waals surface area contributed by atoms with Crippen molar-refractivity contribution >= 4 is 33.3 Å². The average molecular weight is 379 g/mol. The molecule has 5 rings (SSSR count). The molecule has 0 saturated carbocycles. The third-order valence-electron chi connectivity index (χ3n) is 5.86. The molecule has 28 heavy (non-hydrogen) atoms. The van der Waals surface area contributed by atoms with Gasteiger partial charge in [-0.3, -0.25) is 4.79 Å². The minimum absolute atomic E-state index is 0.0549. The van der Waals surface area contributed by atoms with Crippen molar-refractivity contribution in [2.75, 3.05) is 69.3 Å². The highest BCUT2D eigenvalue weighted by molar-refractivity contribution is 5.99. The molecule has 2 aromatic carbocycles. The van der Waals surface area contributed by atoms with E-state index in [2.05, 4.69) is 27.8 Å². The minimum Gasteiger partial charge on any atom is -0.456 e. The summed E-state index contributed by atoms with van der Waals surface area (Å²) < 4.78 is 11.7. The number of hydrogen-bond acceptors (Lipinski definition) is 6. The molecule has 0 unspecified atom stereocenters. The van der Waals surface area contributed by atoms with E-state index in [0.717, 1.165) is 63.9 Å². The summed E-state index contributed by atoms with van der Waals surface area (Å²) in [5.74, 6) is 0. The van der Waals surface area contributed by atoms with Crippen molar-refractivity contribution in [2.24, 2.45) is 0 Å². The van der Waals surface area contributed by atoms with Gasteiger partial charge in [-0.1, -0.05) is 12.1 Å². The average Bonchev–Trinajstić information content (AvgIpc) is 2.74. The number of hydrogen-bond donors (Lipinski definition) is 0. The van der Waals surface area contributed by atoms with Crippen molar-refractivity contribution in [3.63, 3.8) is 0 Å². The normalized spacial score (nSPS) is 18.9. The second-order valence-corrected chi connectivity index (χ2v) is 7.66. The van der Waals surface area contributed by atoms with Gasteiger partial charge in [0.25, 0.3) is 0 Å². The Labute approximate surface area is 163 Å². The highest BCUT2D eigenvalue weighted by Gasteiger charge is 2.22. The van der Waals surface area contributed by atoms with Crippen molar-refractivity contribution in [3.05, 3.63) is 46.6 Å². The maximum atomic E-state index is 13.4. The van der Waals surface area contributed by atoms with Gasteiger partial charge in [0, 0.05) is 51.0 Å². The summed E-state index contributed by atoms with van der Waals surface area (Å²) >= 11 is 0. The summed E-state index contributed by atoms with van der Waals surface area (Å²) in [6.45, 7) is 6.95. The van der Waals surface area contributed by atoms with E-state index in [1.165, 1.54) is 0 Å². The summed E-state index contributed by atoms with van der Waals surface area (Å²) in [7, 11) is 2.14. The van der Waals surface area contributed by atoms with Crippen molar-refractivity contribution in [2.45, 2.75) is 0 Å². The lowest BCUT2D eigenvalue weighted by atomic mass is 10.1. The first-order valence-electron chi connectivity index (χ1n) is 9.96. The van der Waals surface area contributed by atoms with Crippen LogP contribution in [0.2, 0.25) is 0 Å². The Morgan fingerprint density at radius 1 is 0.857 bits per heavy atom. The van der Waals surface area contributed by atoms with E-state index < -0.39 is 0 Å². The number of anilines is 2. The molecule has 1 aromatic heterocycles. The number of fused-ring (bicyclic) bond motifs is 2. The molecule has 0 radical (unpaired) electrons. The summed E-state index contributed by atoms with van der Waals surface area (Å²) in [4.78, 5) is 20.3. The Morgan fingerprint density at radius 3 is 2.39 bits per heavy atom. The molecule has 3 heterocycles. The monoisotopic (exact) mass is 379 g/mol. The smallest absolute Gasteiger partial charge is 0.202 e. The molecule has 2 fully saturated rings. The van der Waals surface area contributed by atoms with Crippen LogP contribution in [0.1, 0.15) is 0 Å². The fraction of sp³-hybridized carbons (Fsp3) is 0.409. The van der Waals surface area contributed by atoms with Gasteiger partial charge in [0.05, 0.1) is 29.7 Å². The van der Waals surface area contributed by atoms with Gasteiger partial charge in [-0.15, -0.1) is 0 Å². The lowest BCUT2D eigenvalue weighted by Crippen LogP contribution is -2.45. The molecular weight excluding hydrogens is 354 g/mol. The lowest BCUT2D eigenvalue weighted by molar-refractivity contribution is 0.122. The third kappa shape index (κ3) is 3.02.